The van der Waals surface area contributed by atoms with Gasteiger partial charge in [0.15, 0.2) is 6.61 Å². The van der Waals surface area contributed by atoms with Crippen LogP contribution in [0.3, 0.4) is 0 Å². The van der Waals surface area contributed by atoms with E-state index in [9.17, 15) is 9.59 Å². The van der Waals surface area contributed by atoms with Gasteiger partial charge < -0.3 is 15.4 Å². The number of piperidine rings is 1. The molecule has 1 fully saturated rings. The van der Waals surface area contributed by atoms with Crippen LogP contribution in [0.2, 0.25) is 0 Å². The molecule has 154 valence electrons. The van der Waals surface area contributed by atoms with E-state index in [0.717, 1.165) is 25.2 Å². The minimum Gasteiger partial charge on any atom is -0.484 e. The van der Waals surface area contributed by atoms with Gasteiger partial charge in [-0.05, 0) is 49.2 Å². The van der Waals surface area contributed by atoms with Gasteiger partial charge in [-0.2, -0.15) is 0 Å². The van der Waals surface area contributed by atoms with Crippen LogP contribution in [0, 0.1) is 0 Å². The van der Waals surface area contributed by atoms with Crippen LogP contribution in [-0.4, -0.2) is 43.0 Å². The molecule has 1 heterocycles. The lowest BCUT2D eigenvalue weighted by Gasteiger charge is -2.27. The van der Waals surface area contributed by atoms with E-state index in [1.165, 1.54) is 24.8 Å². The third kappa shape index (κ3) is 7.23. The second kappa shape index (κ2) is 11.2. The van der Waals surface area contributed by atoms with Crippen LogP contribution in [0.4, 0.5) is 0 Å². The molecule has 0 aliphatic carbocycles. The van der Waals surface area contributed by atoms with Crippen molar-refractivity contribution < 1.29 is 14.3 Å². The van der Waals surface area contributed by atoms with Crippen molar-refractivity contribution in [2.45, 2.75) is 32.4 Å². The molecule has 2 N–H and O–H groups in total. The van der Waals surface area contributed by atoms with Crippen LogP contribution in [-0.2, 0) is 22.7 Å². The maximum atomic E-state index is 12.1. The Labute approximate surface area is 172 Å². The van der Waals surface area contributed by atoms with Crippen molar-refractivity contribution in [1.29, 1.82) is 0 Å². The highest BCUT2D eigenvalue weighted by Gasteiger charge is 2.13. The Hall–Kier alpha value is -2.86. The molecule has 1 aliphatic rings. The number of carbonyl (C=O) groups is 2. The topological polar surface area (TPSA) is 70.7 Å². The van der Waals surface area contributed by atoms with E-state index < -0.39 is 0 Å². The summed E-state index contributed by atoms with van der Waals surface area (Å²) in [5.74, 6) is 0.0813. The number of ether oxygens (including phenoxy) is 1. The number of rotatable bonds is 9. The molecule has 6 heteroatoms. The Morgan fingerprint density at radius 2 is 1.52 bits per heavy atom. The van der Waals surface area contributed by atoms with Gasteiger partial charge in [-0.15, -0.1) is 0 Å². The van der Waals surface area contributed by atoms with E-state index in [0.29, 0.717) is 12.3 Å². The number of hydrogen-bond acceptors (Lipinski definition) is 4. The normalized spacial score (nSPS) is 14.2. The highest BCUT2D eigenvalue weighted by Crippen LogP contribution is 2.16. The molecule has 0 radical (unpaired) electrons. The van der Waals surface area contributed by atoms with Crippen molar-refractivity contribution in [2.24, 2.45) is 0 Å². The van der Waals surface area contributed by atoms with Gasteiger partial charge in [0.25, 0.3) is 5.91 Å². The third-order valence-electron chi connectivity index (χ3n) is 5.00. The number of benzene rings is 2. The minimum atomic E-state index is -0.325. The smallest absolute Gasteiger partial charge is 0.258 e. The van der Waals surface area contributed by atoms with E-state index in [1.807, 2.05) is 36.4 Å². The zero-order valence-corrected chi connectivity index (χ0v) is 16.7. The molecule has 29 heavy (non-hydrogen) atoms. The summed E-state index contributed by atoms with van der Waals surface area (Å²) in [6, 6.07) is 17.3. The number of nitrogens with one attached hydrogen (secondary N) is 2. The molecule has 0 atom stereocenters. The summed E-state index contributed by atoms with van der Waals surface area (Å²) in [7, 11) is 0. The van der Waals surface area contributed by atoms with Crippen LogP contribution >= 0.6 is 0 Å². The van der Waals surface area contributed by atoms with Crippen LogP contribution in [0.15, 0.2) is 54.6 Å². The lowest BCUT2D eigenvalue weighted by atomic mass is 10.0. The summed E-state index contributed by atoms with van der Waals surface area (Å²) >= 11 is 0. The first-order valence-corrected chi connectivity index (χ1v) is 10.2. The number of likely N-dealkylation sites (tertiary alicyclic amines) is 1. The molecule has 0 bridgehead atoms. The monoisotopic (exact) mass is 395 g/mol. The molecule has 1 saturated heterocycles. The Bertz CT molecular complexity index is 789. The number of amides is 2. The first kappa shape index (κ1) is 20.9. The predicted octanol–water partition coefficient (Wildman–Crippen LogP) is 2.48. The third-order valence-corrected chi connectivity index (χ3v) is 5.00. The molecule has 0 unspecified atom stereocenters. The van der Waals surface area contributed by atoms with Gasteiger partial charge in [0, 0.05) is 13.1 Å². The van der Waals surface area contributed by atoms with Gasteiger partial charge in [-0.1, -0.05) is 48.9 Å². The Morgan fingerprint density at radius 1 is 0.828 bits per heavy atom. The lowest BCUT2D eigenvalue weighted by molar-refractivity contribution is -0.127. The minimum absolute atomic E-state index is 0.0642. The SMILES string of the molecule is O=C(CNC(=O)COc1ccccc1)NCc1ccccc1CN1CCCCC1. The van der Waals surface area contributed by atoms with Gasteiger partial charge in [-0.25, -0.2) is 0 Å². The van der Waals surface area contributed by atoms with Gasteiger partial charge >= 0.3 is 0 Å². The van der Waals surface area contributed by atoms with E-state index >= 15 is 0 Å². The molecule has 2 aromatic rings. The summed E-state index contributed by atoms with van der Waals surface area (Å²) in [6.07, 6.45) is 3.83. The first-order valence-electron chi connectivity index (χ1n) is 10.2. The first-order chi connectivity index (χ1) is 14.2. The largest absolute Gasteiger partial charge is 0.484 e. The molecule has 0 aromatic heterocycles. The van der Waals surface area contributed by atoms with E-state index in [4.69, 9.17) is 4.74 Å². The van der Waals surface area contributed by atoms with Crippen LogP contribution in [0.25, 0.3) is 0 Å². The molecule has 2 amide bonds. The molecular weight excluding hydrogens is 366 g/mol. The molecule has 1 aliphatic heterocycles. The highest BCUT2D eigenvalue weighted by atomic mass is 16.5. The Morgan fingerprint density at radius 3 is 2.28 bits per heavy atom. The fourth-order valence-electron chi connectivity index (χ4n) is 3.39. The second-order valence-corrected chi connectivity index (χ2v) is 7.26. The van der Waals surface area contributed by atoms with E-state index in [1.54, 1.807) is 12.1 Å². The lowest BCUT2D eigenvalue weighted by Crippen LogP contribution is -2.38. The number of nitrogens with zero attached hydrogens (tertiary/aromatic N) is 1. The molecule has 3 rings (SSSR count). The zero-order chi connectivity index (χ0) is 20.3. The summed E-state index contributed by atoms with van der Waals surface area (Å²) in [6.45, 7) is 3.47. The van der Waals surface area contributed by atoms with Gasteiger partial charge in [0.1, 0.15) is 5.75 Å². The highest BCUT2D eigenvalue weighted by molar-refractivity contribution is 5.85. The number of hydrogen-bond donors (Lipinski definition) is 2. The van der Waals surface area contributed by atoms with Crippen LogP contribution in [0.5, 0.6) is 5.75 Å². The maximum Gasteiger partial charge on any atom is 0.258 e. The summed E-state index contributed by atoms with van der Waals surface area (Å²) in [4.78, 5) is 26.4. The summed E-state index contributed by atoms with van der Waals surface area (Å²) in [5, 5.41) is 5.48. The fourth-order valence-corrected chi connectivity index (χ4v) is 3.39. The second-order valence-electron chi connectivity index (χ2n) is 7.26. The van der Waals surface area contributed by atoms with Crippen molar-refractivity contribution in [3.05, 3.63) is 65.7 Å². The van der Waals surface area contributed by atoms with E-state index in [-0.39, 0.29) is 25.0 Å². The molecule has 2 aromatic carbocycles. The van der Waals surface area contributed by atoms with E-state index in [2.05, 4.69) is 21.6 Å². The average Bonchev–Trinajstić information content (AvgIpc) is 2.77. The summed E-state index contributed by atoms with van der Waals surface area (Å²) < 4.78 is 5.37. The standard InChI is InChI=1S/C23H29N3O3/c27-22(16-25-23(28)18-29-21-11-3-1-4-12-21)24-15-19-9-5-6-10-20(19)17-26-13-7-2-8-14-26/h1,3-6,9-12H,2,7-8,13-18H2,(H,24,27)(H,25,28). The van der Waals surface area contributed by atoms with Crippen molar-refractivity contribution in [3.63, 3.8) is 0 Å². The number of carbonyl (C=O) groups excluding carboxylic acids is 2. The van der Waals surface area contributed by atoms with Crippen molar-refractivity contribution in [2.75, 3.05) is 26.2 Å². The molecule has 6 nitrogen and oxygen atoms in total. The van der Waals surface area contributed by atoms with Crippen molar-refractivity contribution in [1.82, 2.24) is 15.5 Å². The van der Waals surface area contributed by atoms with Crippen LogP contribution in [0.1, 0.15) is 30.4 Å². The fraction of sp³-hybridized carbons (Fsp3) is 0.391. The molecular formula is C23H29N3O3. The predicted molar refractivity (Wildman–Crippen MR) is 112 cm³/mol. The average molecular weight is 396 g/mol. The summed E-state index contributed by atoms with van der Waals surface area (Å²) in [5.41, 5.74) is 2.36. The Balaban J connectivity index is 1.39. The van der Waals surface area contributed by atoms with Gasteiger partial charge in [-0.3, -0.25) is 14.5 Å². The van der Waals surface area contributed by atoms with Gasteiger partial charge in [0.05, 0.1) is 6.54 Å². The maximum absolute atomic E-state index is 12.1. The van der Waals surface area contributed by atoms with Gasteiger partial charge in [0.2, 0.25) is 5.91 Å². The molecule has 0 spiro atoms. The van der Waals surface area contributed by atoms with Crippen molar-refractivity contribution in [3.8, 4) is 5.75 Å². The zero-order valence-electron chi connectivity index (χ0n) is 16.7. The van der Waals surface area contributed by atoms with Crippen LogP contribution < -0.4 is 15.4 Å². The quantitative estimate of drug-likeness (QED) is 0.684. The Kier molecular flexibility index (Phi) is 8.07. The number of para-hydroxylation sites is 1. The van der Waals surface area contributed by atoms with Crippen molar-refractivity contribution >= 4 is 11.8 Å². The molecule has 0 saturated carbocycles.